The number of benzene rings is 1. The first kappa shape index (κ1) is 22.3. The molecule has 1 atom stereocenters. The summed E-state index contributed by atoms with van der Waals surface area (Å²) in [6, 6.07) is 11.7. The molecular weight excluding hydrogens is 451 g/mol. The number of carboxylic acids is 1. The highest BCUT2D eigenvalue weighted by molar-refractivity contribution is 5.96. The monoisotopic (exact) mass is 472 g/mol. The Morgan fingerprint density at radius 2 is 1.94 bits per heavy atom. The number of amides is 1. The van der Waals surface area contributed by atoms with Crippen LogP contribution in [0.1, 0.15) is 44.4 Å². The molecule has 0 bridgehead atoms. The zero-order chi connectivity index (χ0) is 24.5. The molecule has 5 rings (SSSR count). The van der Waals surface area contributed by atoms with E-state index in [1.54, 1.807) is 11.0 Å². The van der Waals surface area contributed by atoms with Gasteiger partial charge in [0.15, 0.2) is 0 Å². The second-order valence-electron chi connectivity index (χ2n) is 8.35. The quantitative estimate of drug-likeness (QED) is 0.473. The third-order valence-electron chi connectivity index (χ3n) is 6.08. The minimum atomic E-state index is -1.15. The fourth-order valence-electron chi connectivity index (χ4n) is 4.30. The van der Waals surface area contributed by atoms with E-state index in [0.717, 1.165) is 17.8 Å². The number of hydrogen-bond acceptors (Lipinski definition) is 6. The highest BCUT2D eigenvalue weighted by Gasteiger charge is 2.31. The van der Waals surface area contributed by atoms with Crippen molar-refractivity contribution < 1.29 is 19.1 Å². The molecule has 3 aromatic heterocycles. The molecule has 1 saturated heterocycles. The van der Waals surface area contributed by atoms with Crippen LogP contribution in [-0.2, 0) is 0 Å². The molecule has 0 aliphatic carbocycles. The number of nitrogens with zero attached hydrogens (tertiary/aromatic N) is 6. The Balaban J connectivity index is 1.40. The normalized spacial score (nSPS) is 15.4. The fraction of sp³-hybridized carbons (Fsp3) is 0.200. The van der Waals surface area contributed by atoms with E-state index in [1.807, 2.05) is 25.1 Å². The molecule has 0 saturated carbocycles. The Morgan fingerprint density at radius 1 is 1.11 bits per heavy atom. The van der Waals surface area contributed by atoms with Crippen LogP contribution in [0.15, 0.2) is 61.1 Å². The van der Waals surface area contributed by atoms with Crippen molar-refractivity contribution in [3.05, 3.63) is 89.4 Å². The van der Waals surface area contributed by atoms with E-state index in [0.29, 0.717) is 13.1 Å². The number of likely N-dealkylation sites (tertiary alicyclic amines) is 1. The lowest BCUT2D eigenvalue weighted by Gasteiger charge is -2.17. The van der Waals surface area contributed by atoms with Crippen LogP contribution < -0.4 is 0 Å². The number of rotatable bonds is 5. The third kappa shape index (κ3) is 4.25. The topological polar surface area (TPSA) is 114 Å². The number of carbonyl (C=O) groups excluding carboxylic acids is 1. The molecule has 1 fully saturated rings. The maximum Gasteiger partial charge on any atom is 0.338 e. The van der Waals surface area contributed by atoms with Crippen LogP contribution in [0.5, 0.6) is 0 Å². The maximum absolute atomic E-state index is 15.5. The first-order valence-electron chi connectivity index (χ1n) is 11.0. The fourth-order valence-corrected chi connectivity index (χ4v) is 4.30. The Hall–Kier alpha value is -4.47. The Kier molecular flexibility index (Phi) is 5.77. The zero-order valence-corrected chi connectivity index (χ0v) is 18.8. The average molecular weight is 472 g/mol. The van der Waals surface area contributed by atoms with Crippen molar-refractivity contribution in [3.63, 3.8) is 0 Å². The summed E-state index contributed by atoms with van der Waals surface area (Å²) < 4.78 is 16.7. The highest BCUT2D eigenvalue weighted by Crippen LogP contribution is 2.30. The minimum Gasteiger partial charge on any atom is -0.478 e. The predicted octanol–water partition coefficient (Wildman–Crippen LogP) is 3.50. The summed E-state index contributed by atoms with van der Waals surface area (Å²) in [5.41, 5.74) is 2.23. The number of hydrogen-bond donors (Lipinski definition) is 1. The van der Waals surface area contributed by atoms with Gasteiger partial charge in [0.2, 0.25) is 0 Å². The Bertz CT molecular complexity index is 1440. The van der Waals surface area contributed by atoms with Gasteiger partial charge in [-0.25, -0.2) is 13.9 Å². The van der Waals surface area contributed by atoms with Crippen LogP contribution in [0.3, 0.4) is 0 Å². The molecule has 4 heterocycles. The second-order valence-corrected chi connectivity index (χ2v) is 8.35. The summed E-state index contributed by atoms with van der Waals surface area (Å²) in [5.74, 6) is -2.14. The van der Waals surface area contributed by atoms with Crippen LogP contribution in [0.2, 0.25) is 0 Å². The van der Waals surface area contributed by atoms with Crippen LogP contribution >= 0.6 is 0 Å². The second kappa shape index (κ2) is 9.05. The number of halogens is 1. The predicted molar refractivity (Wildman–Crippen MR) is 124 cm³/mol. The van der Waals surface area contributed by atoms with Crippen molar-refractivity contribution in [2.45, 2.75) is 19.3 Å². The summed E-state index contributed by atoms with van der Waals surface area (Å²) in [6.07, 6.45) is 4.86. The van der Waals surface area contributed by atoms with Crippen molar-refractivity contribution in [2.24, 2.45) is 0 Å². The number of carboxylic acid groups (broad SMARTS) is 1. The summed E-state index contributed by atoms with van der Waals surface area (Å²) in [6.45, 7) is 2.90. The zero-order valence-electron chi connectivity index (χ0n) is 18.8. The first-order valence-corrected chi connectivity index (χ1v) is 11.0. The Labute approximate surface area is 199 Å². The van der Waals surface area contributed by atoms with E-state index in [1.165, 1.54) is 41.5 Å². The lowest BCUT2D eigenvalue weighted by atomic mass is 10.0. The van der Waals surface area contributed by atoms with Gasteiger partial charge in [0.05, 0.1) is 29.2 Å². The van der Waals surface area contributed by atoms with Crippen molar-refractivity contribution >= 4 is 11.9 Å². The molecule has 176 valence electrons. The minimum absolute atomic E-state index is 0.0208. The van der Waals surface area contributed by atoms with Gasteiger partial charge in [-0.2, -0.15) is 0 Å². The molecule has 1 aromatic carbocycles. The molecule has 35 heavy (non-hydrogen) atoms. The molecule has 1 amide bonds. The van der Waals surface area contributed by atoms with Gasteiger partial charge >= 0.3 is 5.97 Å². The summed E-state index contributed by atoms with van der Waals surface area (Å²) in [5, 5.41) is 17.4. The van der Waals surface area contributed by atoms with E-state index in [4.69, 9.17) is 0 Å². The van der Waals surface area contributed by atoms with Gasteiger partial charge in [-0.1, -0.05) is 17.3 Å². The molecule has 0 radical (unpaired) electrons. The summed E-state index contributed by atoms with van der Waals surface area (Å²) >= 11 is 0. The van der Waals surface area contributed by atoms with Crippen molar-refractivity contribution in [2.75, 3.05) is 13.1 Å². The third-order valence-corrected chi connectivity index (χ3v) is 6.08. The van der Waals surface area contributed by atoms with Crippen LogP contribution in [0.4, 0.5) is 4.39 Å². The first-order chi connectivity index (χ1) is 16.9. The van der Waals surface area contributed by atoms with Crippen molar-refractivity contribution in [1.82, 2.24) is 29.9 Å². The molecule has 4 aromatic rings. The van der Waals surface area contributed by atoms with Gasteiger partial charge in [-0.3, -0.25) is 14.8 Å². The van der Waals surface area contributed by atoms with Crippen molar-refractivity contribution in [3.8, 4) is 16.9 Å². The summed E-state index contributed by atoms with van der Waals surface area (Å²) in [7, 11) is 0. The number of aromatic nitrogens is 5. The largest absolute Gasteiger partial charge is 0.478 e. The lowest BCUT2D eigenvalue weighted by Crippen LogP contribution is -2.29. The van der Waals surface area contributed by atoms with Crippen molar-refractivity contribution in [1.29, 1.82) is 0 Å². The van der Waals surface area contributed by atoms with Crippen LogP contribution in [-0.4, -0.2) is 59.9 Å². The van der Waals surface area contributed by atoms with E-state index >= 15 is 4.39 Å². The number of pyridine rings is 2. The van der Waals surface area contributed by atoms with Gasteiger partial charge < -0.3 is 10.0 Å². The van der Waals surface area contributed by atoms with E-state index < -0.39 is 17.7 Å². The maximum atomic E-state index is 15.5. The highest BCUT2D eigenvalue weighted by atomic mass is 19.1. The number of carbonyl (C=O) groups is 2. The Morgan fingerprint density at radius 3 is 2.74 bits per heavy atom. The van der Waals surface area contributed by atoms with Gasteiger partial charge in [-0.05, 0) is 43.7 Å². The molecule has 1 aliphatic rings. The molecule has 9 nitrogen and oxygen atoms in total. The molecule has 1 unspecified atom stereocenters. The molecule has 1 aliphatic heterocycles. The number of aryl methyl sites for hydroxylation is 1. The van der Waals surface area contributed by atoms with Gasteiger partial charge in [0.1, 0.15) is 11.5 Å². The van der Waals surface area contributed by atoms with Gasteiger partial charge in [-0.15, -0.1) is 5.10 Å². The molecule has 0 spiro atoms. The average Bonchev–Trinajstić information content (AvgIpc) is 3.54. The van der Waals surface area contributed by atoms with Gasteiger partial charge in [0, 0.05) is 42.2 Å². The molecule has 10 heteroatoms. The van der Waals surface area contributed by atoms with E-state index in [2.05, 4.69) is 20.3 Å². The summed E-state index contributed by atoms with van der Waals surface area (Å²) in [4.78, 5) is 34.8. The molecule has 1 N–H and O–H groups in total. The SMILES string of the molecule is Cc1cccc(C2CCN(C(=O)c3cccc(-c4cn(-c5cnccc5C(=O)O)nn4)c3F)C2)n1. The number of aromatic carboxylic acids is 1. The van der Waals surface area contributed by atoms with E-state index in [9.17, 15) is 14.7 Å². The van der Waals surface area contributed by atoms with E-state index in [-0.39, 0.29) is 34.0 Å². The van der Waals surface area contributed by atoms with Gasteiger partial charge in [0.25, 0.3) is 5.91 Å². The smallest absolute Gasteiger partial charge is 0.338 e. The molecular formula is C25H21FN6O3. The van der Waals surface area contributed by atoms with Crippen LogP contribution in [0, 0.1) is 12.7 Å². The lowest BCUT2D eigenvalue weighted by molar-refractivity contribution is 0.0695. The standard InChI is InChI=1S/C25H21FN6O3/c1-15-4-2-7-20(28-15)16-9-11-31(13-16)24(33)19-6-3-5-17(23(19)26)21-14-32(30-29-21)22-12-27-10-8-18(22)25(34)35/h2-8,10,12,14,16H,9,11,13H2,1H3,(H,34,35). The van der Waals surface area contributed by atoms with Crippen LogP contribution in [0.25, 0.3) is 16.9 Å².